The summed E-state index contributed by atoms with van der Waals surface area (Å²) < 4.78 is 69.2. The number of aryl methyl sites for hydroxylation is 2. The molecule has 0 amide bonds. The van der Waals surface area contributed by atoms with Crippen molar-refractivity contribution in [3.05, 3.63) is 47.0 Å². The van der Waals surface area contributed by atoms with E-state index in [1.54, 1.807) is 0 Å². The van der Waals surface area contributed by atoms with Crippen LogP contribution in [0.5, 0.6) is 5.88 Å². The highest BCUT2D eigenvalue weighted by atomic mass is 19.4. The normalized spacial score (nSPS) is 13.1. The van der Waals surface area contributed by atoms with Crippen LogP contribution < -0.4 is 10.1 Å². The first kappa shape index (κ1) is 27.7. The minimum Gasteiger partial charge on any atom is -0.476 e. The SMILES string of the molecule is Cc1ccc(-c2ccc3c(n2)OCCNC3)c(C)c1.O=C(O)C(F)(F)F.O=C(O)C(F)(F)F. The van der Waals surface area contributed by atoms with Gasteiger partial charge in [0.2, 0.25) is 5.88 Å². The molecular formula is C20H20F6N2O5. The van der Waals surface area contributed by atoms with Gasteiger partial charge in [0.05, 0.1) is 5.69 Å². The molecule has 0 aliphatic carbocycles. The first-order valence-electron chi connectivity index (χ1n) is 9.14. The maximum atomic E-state index is 10.6. The zero-order valence-electron chi connectivity index (χ0n) is 17.3. The number of carboxylic acid groups (broad SMARTS) is 2. The van der Waals surface area contributed by atoms with Crippen LogP contribution >= 0.6 is 0 Å². The van der Waals surface area contributed by atoms with Crippen LogP contribution in [0.25, 0.3) is 11.3 Å². The number of ether oxygens (including phenoxy) is 1. The molecule has 182 valence electrons. The fourth-order valence-corrected chi connectivity index (χ4v) is 2.42. The maximum absolute atomic E-state index is 10.6. The standard InChI is InChI=1S/C16H18N2O.2C2HF3O2/c1-11-3-5-14(12(2)9-11)15-6-4-13-10-17-7-8-19-16(13)18-15;2*3-2(4,5)1(6)7/h3-6,9,17H,7-8,10H2,1-2H3;2*(H,6,7). The van der Waals surface area contributed by atoms with Crippen LogP contribution in [0.1, 0.15) is 16.7 Å². The van der Waals surface area contributed by atoms with Crippen LogP contribution in [0.2, 0.25) is 0 Å². The number of aromatic nitrogens is 1. The van der Waals surface area contributed by atoms with Crippen molar-refractivity contribution < 1.29 is 50.9 Å². The van der Waals surface area contributed by atoms with Gasteiger partial charge in [-0.1, -0.05) is 29.8 Å². The molecule has 0 radical (unpaired) electrons. The summed E-state index contributed by atoms with van der Waals surface area (Å²) in [5.41, 5.74) is 5.81. The molecular weight excluding hydrogens is 462 g/mol. The molecule has 2 aromatic rings. The average molecular weight is 482 g/mol. The molecule has 7 nitrogen and oxygen atoms in total. The van der Waals surface area contributed by atoms with Crippen LogP contribution in [0, 0.1) is 13.8 Å². The topological polar surface area (TPSA) is 109 Å². The number of benzene rings is 1. The van der Waals surface area contributed by atoms with Gasteiger partial charge < -0.3 is 20.3 Å². The van der Waals surface area contributed by atoms with Crippen LogP contribution in [0.3, 0.4) is 0 Å². The van der Waals surface area contributed by atoms with Gasteiger partial charge in [-0.25, -0.2) is 14.6 Å². The highest BCUT2D eigenvalue weighted by Gasteiger charge is 2.38. The van der Waals surface area contributed by atoms with Gasteiger partial charge in [-0.05, 0) is 25.5 Å². The Labute approximate surface area is 184 Å². The first-order chi connectivity index (χ1) is 15.1. The Morgan fingerprint density at radius 2 is 1.52 bits per heavy atom. The number of aliphatic carboxylic acids is 2. The van der Waals surface area contributed by atoms with E-state index < -0.39 is 24.3 Å². The fraction of sp³-hybridized carbons (Fsp3) is 0.350. The third-order valence-electron chi connectivity index (χ3n) is 3.92. The van der Waals surface area contributed by atoms with Crippen molar-refractivity contribution >= 4 is 11.9 Å². The molecule has 1 aliphatic rings. The number of rotatable bonds is 1. The zero-order valence-corrected chi connectivity index (χ0v) is 17.3. The second-order valence-corrected chi connectivity index (χ2v) is 6.61. The van der Waals surface area contributed by atoms with Crippen molar-refractivity contribution in [1.82, 2.24) is 10.3 Å². The zero-order chi connectivity index (χ0) is 25.4. The van der Waals surface area contributed by atoms with Crippen LogP contribution in [-0.4, -0.2) is 52.6 Å². The molecule has 13 heteroatoms. The third kappa shape index (κ3) is 9.35. The molecule has 1 aromatic heterocycles. The monoisotopic (exact) mass is 482 g/mol. The summed E-state index contributed by atoms with van der Waals surface area (Å²) >= 11 is 0. The molecule has 0 bridgehead atoms. The third-order valence-corrected chi connectivity index (χ3v) is 3.92. The molecule has 3 rings (SSSR count). The van der Waals surface area contributed by atoms with E-state index in [2.05, 4.69) is 54.5 Å². The Morgan fingerprint density at radius 1 is 0.970 bits per heavy atom. The van der Waals surface area contributed by atoms with Gasteiger partial charge in [-0.3, -0.25) is 0 Å². The maximum Gasteiger partial charge on any atom is 0.490 e. The summed E-state index contributed by atoms with van der Waals surface area (Å²) in [5, 5.41) is 17.6. The number of halogens is 6. The molecule has 0 atom stereocenters. The van der Waals surface area contributed by atoms with Crippen molar-refractivity contribution in [2.24, 2.45) is 0 Å². The summed E-state index contributed by atoms with van der Waals surface area (Å²) in [6, 6.07) is 10.6. The Balaban J connectivity index is 0.000000324. The Kier molecular flexibility index (Phi) is 9.64. The van der Waals surface area contributed by atoms with Crippen molar-refractivity contribution in [3.8, 4) is 17.1 Å². The van der Waals surface area contributed by atoms with Gasteiger partial charge in [0.25, 0.3) is 0 Å². The summed E-state index contributed by atoms with van der Waals surface area (Å²) in [4.78, 5) is 22.5. The number of nitrogens with one attached hydrogen (secondary N) is 1. The van der Waals surface area contributed by atoms with E-state index in [1.165, 1.54) is 16.7 Å². The lowest BCUT2D eigenvalue weighted by Crippen LogP contribution is -2.21. The molecule has 0 saturated heterocycles. The molecule has 1 aromatic carbocycles. The highest BCUT2D eigenvalue weighted by Crippen LogP contribution is 2.27. The number of carbonyl (C=O) groups is 2. The van der Waals surface area contributed by atoms with E-state index >= 15 is 0 Å². The second kappa shape index (κ2) is 11.5. The minimum absolute atomic E-state index is 0.677. The molecule has 0 saturated carbocycles. The minimum atomic E-state index is -5.08. The van der Waals surface area contributed by atoms with Gasteiger partial charge in [-0.15, -0.1) is 0 Å². The summed E-state index contributed by atoms with van der Waals surface area (Å²) in [5.74, 6) is -4.75. The van der Waals surface area contributed by atoms with E-state index in [0.717, 1.165) is 30.2 Å². The smallest absolute Gasteiger partial charge is 0.476 e. The van der Waals surface area contributed by atoms with Crippen LogP contribution in [0.15, 0.2) is 30.3 Å². The van der Waals surface area contributed by atoms with Crippen molar-refractivity contribution in [3.63, 3.8) is 0 Å². The van der Waals surface area contributed by atoms with Gasteiger partial charge >= 0.3 is 24.3 Å². The lowest BCUT2D eigenvalue weighted by atomic mass is 10.0. The van der Waals surface area contributed by atoms with E-state index in [1.807, 2.05) is 0 Å². The predicted molar refractivity (Wildman–Crippen MR) is 104 cm³/mol. The molecule has 0 fully saturated rings. The highest BCUT2D eigenvalue weighted by molar-refractivity contribution is 5.73. The largest absolute Gasteiger partial charge is 0.490 e. The lowest BCUT2D eigenvalue weighted by molar-refractivity contribution is -0.193. The number of pyridine rings is 1. The van der Waals surface area contributed by atoms with Gasteiger partial charge in [0.15, 0.2) is 0 Å². The molecule has 1 aliphatic heterocycles. The summed E-state index contributed by atoms with van der Waals surface area (Å²) in [6.45, 7) is 6.61. The number of alkyl halides is 6. The molecule has 2 heterocycles. The van der Waals surface area contributed by atoms with Crippen LogP contribution in [0.4, 0.5) is 26.3 Å². The number of fused-ring (bicyclic) bond motifs is 1. The van der Waals surface area contributed by atoms with Gasteiger partial charge in [0, 0.05) is 24.2 Å². The van der Waals surface area contributed by atoms with Crippen molar-refractivity contribution in [1.29, 1.82) is 0 Å². The lowest BCUT2D eigenvalue weighted by Gasteiger charge is -2.10. The van der Waals surface area contributed by atoms with E-state index in [4.69, 9.17) is 24.5 Å². The van der Waals surface area contributed by atoms with E-state index in [-0.39, 0.29) is 0 Å². The van der Waals surface area contributed by atoms with E-state index in [0.29, 0.717) is 6.61 Å². The molecule has 33 heavy (non-hydrogen) atoms. The van der Waals surface area contributed by atoms with Gasteiger partial charge in [0.1, 0.15) is 6.61 Å². The Hall–Kier alpha value is -3.35. The van der Waals surface area contributed by atoms with E-state index in [9.17, 15) is 26.3 Å². The predicted octanol–water partition coefficient (Wildman–Crippen LogP) is 4.11. The summed E-state index contributed by atoms with van der Waals surface area (Å²) in [6.07, 6.45) is -10.2. The van der Waals surface area contributed by atoms with Crippen LogP contribution in [-0.2, 0) is 16.1 Å². The molecule has 3 N–H and O–H groups in total. The fourth-order valence-electron chi connectivity index (χ4n) is 2.42. The molecule has 0 spiro atoms. The number of hydrogen-bond donors (Lipinski definition) is 3. The van der Waals surface area contributed by atoms with Crippen molar-refractivity contribution in [2.45, 2.75) is 32.7 Å². The number of hydrogen-bond acceptors (Lipinski definition) is 5. The number of carboxylic acids is 2. The second-order valence-electron chi connectivity index (χ2n) is 6.61. The summed E-state index contributed by atoms with van der Waals surface area (Å²) in [7, 11) is 0. The first-order valence-corrected chi connectivity index (χ1v) is 9.14. The van der Waals surface area contributed by atoms with Crippen molar-refractivity contribution in [2.75, 3.05) is 13.2 Å². The Bertz CT molecular complexity index is 952. The van der Waals surface area contributed by atoms with Gasteiger partial charge in [-0.2, -0.15) is 26.3 Å². The quantitative estimate of drug-likeness (QED) is 0.525. The molecule has 0 unspecified atom stereocenters. The average Bonchev–Trinajstić information content (AvgIpc) is 2.92. The Morgan fingerprint density at radius 3 is 2.00 bits per heavy atom. The number of nitrogens with zero attached hydrogens (tertiary/aromatic N) is 1.